The zero-order valence-electron chi connectivity index (χ0n) is 12.9. The van der Waals surface area contributed by atoms with E-state index in [1.165, 1.54) is 11.1 Å². The summed E-state index contributed by atoms with van der Waals surface area (Å²) in [6, 6.07) is 26.1. The number of rotatable bonds is 5. The van der Waals surface area contributed by atoms with E-state index in [0.29, 0.717) is 12.3 Å². The van der Waals surface area contributed by atoms with E-state index in [1.807, 2.05) is 36.5 Å². The van der Waals surface area contributed by atoms with E-state index >= 15 is 0 Å². The van der Waals surface area contributed by atoms with Crippen molar-refractivity contribution in [1.29, 1.82) is 0 Å². The minimum atomic E-state index is 0.308. The fourth-order valence-electron chi connectivity index (χ4n) is 2.47. The molecule has 0 bridgehead atoms. The second-order valence-corrected chi connectivity index (χ2v) is 5.44. The summed E-state index contributed by atoms with van der Waals surface area (Å²) in [6.07, 6.45) is 2.73. The van der Waals surface area contributed by atoms with E-state index in [4.69, 9.17) is 0 Å². The molecule has 0 spiro atoms. The molecule has 0 amide bonds. The molecule has 0 radical (unpaired) electrons. The number of phenolic OH excluding ortho intramolecular Hbond substituents is 1. The maximum atomic E-state index is 9.43. The van der Waals surface area contributed by atoms with Gasteiger partial charge >= 0.3 is 0 Å². The lowest BCUT2D eigenvalue weighted by Gasteiger charge is -2.02. The van der Waals surface area contributed by atoms with Crippen LogP contribution in [0.1, 0.15) is 11.1 Å². The molecule has 0 heterocycles. The third kappa shape index (κ3) is 4.30. The summed E-state index contributed by atoms with van der Waals surface area (Å²) in [5.74, 6) is 0.308. The first kappa shape index (κ1) is 15.0. The first-order chi connectivity index (χ1) is 11.3. The fraction of sp³-hybridized carbons (Fsp3) is 0.0952. The molecule has 3 aromatic carbocycles. The van der Waals surface area contributed by atoms with Crippen LogP contribution in [0.5, 0.6) is 5.75 Å². The average molecular weight is 301 g/mol. The molecule has 2 heteroatoms. The predicted molar refractivity (Wildman–Crippen MR) is 96.1 cm³/mol. The van der Waals surface area contributed by atoms with Crippen molar-refractivity contribution < 1.29 is 5.11 Å². The fourth-order valence-corrected chi connectivity index (χ4v) is 2.47. The van der Waals surface area contributed by atoms with Gasteiger partial charge in [-0.3, -0.25) is 4.99 Å². The first-order valence-corrected chi connectivity index (χ1v) is 7.74. The number of phenols is 1. The van der Waals surface area contributed by atoms with Gasteiger partial charge < -0.3 is 5.11 Å². The molecule has 0 saturated carbocycles. The smallest absolute Gasteiger partial charge is 0.115 e. The highest BCUT2D eigenvalue weighted by molar-refractivity contribution is 5.81. The Morgan fingerprint density at radius 3 is 2.26 bits per heavy atom. The molecule has 0 fully saturated rings. The summed E-state index contributed by atoms with van der Waals surface area (Å²) in [4.78, 5) is 4.46. The maximum Gasteiger partial charge on any atom is 0.115 e. The van der Waals surface area contributed by atoms with Gasteiger partial charge in [0.25, 0.3) is 0 Å². The Bertz CT molecular complexity index is 776. The maximum absolute atomic E-state index is 9.43. The number of nitrogens with zero attached hydrogens (tertiary/aromatic N) is 1. The molecule has 0 aromatic heterocycles. The van der Waals surface area contributed by atoms with E-state index in [0.717, 1.165) is 17.5 Å². The van der Waals surface area contributed by atoms with Crippen molar-refractivity contribution in [2.75, 3.05) is 6.54 Å². The van der Waals surface area contributed by atoms with Gasteiger partial charge in [0.15, 0.2) is 0 Å². The summed E-state index contributed by atoms with van der Waals surface area (Å²) in [5.41, 5.74) is 4.63. The molecule has 0 unspecified atom stereocenters. The van der Waals surface area contributed by atoms with E-state index in [9.17, 15) is 5.11 Å². The Morgan fingerprint density at radius 1 is 0.783 bits per heavy atom. The molecule has 3 aromatic rings. The molecule has 23 heavy (non-hydrogen) atoms. The van der Waals surface area contributed by atoms with Crippen LogP contribution in [0, 0.1) is 0 Å². The van der Waals surface area contributed by atoms with Gasteiger partial charge in [0.1, 0.15) is 5.75 Å². The lowest BCUT2D eigenvalue weighted by atomic mass is 10.0. The topological polar surface area (TPSA) is 32.6 Å². The standard InChI is InChI=1S/C21H19NO/c23-21-8-4-5-17(15-21)13-14-22-16-18-9-11-20(12-10-18)19-6-2-1-3-7-19/h1-12,15-16,23H,13-14H2. The number of aromatic hydroxyl groups is 1. The number of aliphatic imine (C=N–C) groups is 1. The summed E-state index contributed by atoms with van der Waals surface area (Å²) in [7, 11) is 0. The Morgan fingerprint density at radius 2 is 1.52 bits per heavy atom. The second-order valence-electron chi connectivity index (χ2n) is 5.44. The lowest BCUT2D eigenvalue weighted by molar-refractivity contribution is 0.474. The van der Waals surface area contributed by atoms with Crippen molar-refractivity contribution in [3.63, 3.8) is 0 Å². The van der Waals surface area contributed by atoms with Crippen LogP contribution in [0.2, 0.25) is 0 Å². The van der Waals surface area contributed by atoms with Crippen LogP contribution in [0.15, 0.2) is 83.9 Å². The van der Waals surface area contributed by atoms with Crippen molar-refractivity contribution in [3.05, 3.63) is 90.0 Å². The van der Waals surface area contributed by atoms with Crippen molar-refractivity contribution in [2.24, 2.45) is 4.99 Å². The SMILES string of the molecule is Oc1cccc(CCN=Cc2ccc(-c3ccccc3)cc2)c1. The number of hydrogen-bond acceptors (Lipinski definition) is 2. The Labute approximate surface area is 136 Å². The summed E-state index contributed by atoms with van der Waals surface area (Å²) in [5, 5.41) is 9.43. The molecular weight excluding hydrogens is 282 g/mol. The van der Waals surface area contributed by atoms with Gasteiger partial charge in [-0.1, -0.05) is 66.7 Å². The first-order valence-electron chi connectivity index (χ1n) is 7.74. The molecule has 3 rings (SSSR count). The van der Waals surface area contributed by atoms with Crippen LogP contribution < -0.4 is 0 Å². The van der Waals surface area contributed by atoms with E-state index in [1.54, 1.807) is 12.1 Å². The second kappa shape index (κ2) is 7.41. The van der Waals surface area contributed by atoms with Gasteiger partial charge in [0.05, 0.1) is 0 Å². The van der Waals surface area contributed by atoms with E-state index in [2.05, 4.69) is 41.4 Å². The predicted octanol–water partition coefficient (Wildman–Crippen LogP) is 4.72. The minimum absolute atomic E-state index is 0.308. The molecular formula is C21H19NO. The minimum Gasteiger partial charge on any atom is -0.508 e. The highest BCUT2D eigenvalue weighted by atomic mass is 16.3. The van der Waals surface area contributed by atoms with Gasteiger partial charge in [0, 0.05) is 12.8 Å². The highest BCUT2D eigenvalue weighted by Crippen LogP contribution is 2.18. The zero-order valence-corrected chi connectivity index (χ0v) is 12.9. The molecule has 1 N–H and O–H groups in total. The van der Waals surface area contributed by atoms with Gasteiger partial charge in [-0.15, -0.1) is 0 Å². The van der Waals surface area contributed by atoms with Crippen LogP contribution in [0.3, 0.4) is 0 Å². The third-order valence-electron chi connectivity index (χ3n) is 3.70. The van der Waals surface area contributed by atoms with Gasteiger partial charge in [-0.25, -0.2) is 0 Å². The average Bonchev–Trinajstić information content (AvgIpc) is 2.60. The monoisotopic (exact) mass is 301 g/mol. The zero-order chi connectivity index (χ0) is 15.9. The number of hydrogen-bond donors (Lipinski definition) is 1. The molecule has 0 aliphatic rings. The lowest BCUT2D eigenvalue weighted by Crippen LogP contribution is -1.90. The largest absolute Gasteiger partial charge is 0.508 e. The highest BCUT2D eigenvalue weighted by Gasteiger charge is 1.96. The molecule has 114 valence electrons. The summed E-state index contributed by atoms with van der Waals surface area (Å²) >= 11 is 0. The van der Waals surface area contributed by atoms with Crippen molar-refractivity contribution >= 4 is 6.21 Å². The van der Waals surface area contributed by atoms with E-state index in [-0.39, 0.29) is 0 Å². The van der Waals surface area contributed by atoms with Gasteiger partial charge in [-0.05, 0) is 40.8 Å². The van der Waals surface area contributed by atoms with Gasteiger partial charge in [-0.2, -0.15) is 0 Å². The molecule has 0 aliphatic heterocycles. The van der Waals surface area contributed by atoms with Crippen LogP contribution in [-0.2, 0) is 6.42 Å². The molecule has 2 nitrogen and oxygen atoms in total. The van der Waals surface area contributed by atoms with E-state index < -0.39 is 0 Å². The van der Waals surface area contributed by atoms with Crippen LogP contribution in [-0.4, -0.2) is 17.9 Å². The summed E-state index contributed by atoms with van der Waals surface area (Å²) in [6.45, 7) is 0.712. The Hall–Kier alpha value is -2.87. The van der Waals surface area contributed by atoms with Crippen LogP contribution >= 0.6 is 0 Å². The van der Waals surface area contributed by atoms with Crippen LogP contribution in [0.25, 0.3) is 11.1 Å². The molecule has 0 saturated heterocycles. The molecule has 0 aliphatic carbocycles. The van der Waals surface area contributed by atoms with Crippen molar-refractivity contribution in [3.8, 4) is 16.9 Å². The normalized spacial score (nSPS) is 11.0. The molecule has 0 atom stereocenters. The summed E-state index contributed by atoms with van der Waals surface area (Å²) < 4.78 is 0. The van der Waals surface area contributed by atoms with Crippen molar-refractivity contribution in [1.82, 2.24) is 0 Å². The van der Waals surface area contributed by atoms with Crippen molar-refractivity contribution in [2.45, 2.75) is 6.42 Å². The quantitative estimate of drug-likeness (QED) is 0.679. The van der Waals surface area contributed by atoms with Gasteiger partial charge in [0.2, 0.25) is 0 Å². The Balaban J connectivity index is 1.58. The third-order valence-corrected chi connectivity index (χ3v) is 3.70. The van der Waals surface area contributed by atoms with Crippen LogP contribution in [0.4, 0.5) is 0 Å². The number of benzene rings is 3. The Kier molecular flexibility index (Phi) is 4.85.